The lowest BCUT2D eigenvalue weighted by molar-refractivity contribution is 0.765. The molecule has 0 amide bonds. The minimum absolute atomic E-state index is 0.327. The van der Waals surface area contributed by atoms with Crippen molar-refractivity contribution in [3.05, 3.63) is 40.5 Å². The Balaban J connectivity index is 2.42. The maximum absolute atomic E-state index is 5.99. The average molecular weight is 281 g/mol. The fraction of sp³-hybridized carbons (Fsp3) is 0.167. The van der Waals surface area contributed by atoms with E-state index in [9.17, 15) is 0 Å². The molecule has 2 aromatic rings. The zero-order chi connectivity index (χ0) is 13.3. The molecule has 3 N–H and O–H groups in total. The number of anilines is 2. The van der Waals surface area contributed by atoms with Crippen LogP contribution in [0.3, 0.4) is 0 Å². The molecule has 1 aromatic heterocycles. The summed E-state index contributed by atoms with van der Waals surface area (Å²) in [5, 5.41) is 8.12. The molecule has 0 aliphatic heterocycles. The molecule has 1 heterocycles. The van der Waals surface area contributed by atoms with Crippen molar-refractivity contribution in [1.82, 2.24) is 9.78 Å². The lowest BCUT2D eigenvalue weighted by Gasteiger charge is -2.11. The summed E-state index contributed by atoms with van der Waals surface area (Å²) in [6.45, 7) is 1.93. The Kier molecular flexibility index (Phi) is 3.54. The summed E-state index contributed by atoms with van der Waals surface area (Å²) < 4.78 is 1.75. The van der Waals surface area contributed by atoms with Crippen LogP contribution in [-0.4, -0.2) is 14.8 Å². The van der Waals surface area contributed by atoms with Crippen LogP contribution < -0.4 is 11.1 Å². The largest absolute Gasteiger partial charge is 0.389 e. The second kappa shape index (κ2) is 4.96. The van der Waals surface area contributed by atoms with Gasteiger partial charge in [-0.25, -0.2) is 0 Å². The molecule has 0 spiro atoms. The molecular formula is C12H13ClN4S. The summed E-state index contributed by atoms with van der Waals surface area (Å²) in [6, 6.07) is 7.29. The molecule has 2 rings (SSSR count). The predicted molar refractivity (Wildman–Crippen MR) is 78.6 cm³/mol. The maximum atomic E-state index is 5.99. The van der Waals surface area contributed by atoms with E-state index in [1.165, 1.54) is 0 Å². The van der Waals surface area contributed by atoms with Crippen molar-refractivity contribution in [2.45, 2.75) is 6.92 Å². The van der Waals surface area contributed by atoms with E-state index in [-0.39, 0.29) is 0 Å². The van der Waals surface area contributed by atoms with E-state index >= 15 is 0 Å². The lowest BCUT2D eigenvalue weighted by atomic mass is 10.2. The third-order valence-electron chi connectivity index (χ3n) is 2.51. The molecule has 0 aliphatic carbocycles. The first-order chi connectivity index (χ1) is 8.47. The van der Waals surface area contributed by atoms with Gasteiger partial charge in [0.2, 0.25) is 0 Å². The van der Waals surface area contributed by atoms with Crippen LogP contribution in [0.25, 0.3) is 0 Å². The summed E-state index contributed by atoms with van der Waals surface area (Å²) in [4.78, 5) is 0.327. The number of rotatable bonds is 3. The molecule has 6 heteroatoms. The molecule has 0 atom stereocenters. The fourth-order valence-electron chi connectivity index (χ4n) is 1.70. The van der Waals surface area contributed by atoms with E-state index < -0.39 is 0 Å². The Morgan fingerprint density at radius 2 is 2.17 bits per heavy atom. The number of hydrogen-bond donors (Lipinski definition) is 2. The van der Waals surface area contributed by atoms with Crippen LogP contribution in [0.2, 0.25) is 5.02 Å². The number of thiocarbonyl (C=S) groups is 1. The van der Waals surface area contributed by atoms with E-state index in [0.717, 1.165) is 22.8 Å². The first kappa shape index (κ1) is 12.9. The molecule has 18 heavy (non-hydrogen) atoms. The van der Waals surface area contributed by atoms with Crippen LogP contribution in [0.4, 0.5) is 11.5 Å². The van der Waals surface area contributed by atoms with Gasteiger partial charge in [0.05, 0.1) is 11.4 Å². The zero-order valence-electron chi connectivity index (χ0n) is 10.1. The number of aryl methyl sites for hydroxylation is 2. The van der Waals surface area contributed by atoms with Gasteiger partial charge in [-0.3, -0.25) is 4.68 Å². The maximum Gasteiger partial charge on any atom is 0.128 e. The van der Waals surface area contributed by atoms with E-state index in [4.69, 9.17) is 29.6 Å². The number of nitrogens with one attached hydrogen (secondary N) is 1. The normalized spacial score (nSPS) is 10.4. The van der Waals surface area contributed by atoms with E-state index in [2.05, 4.69) is 10.4 Å². The van der Waals surface area contributed by atoms with Gasteiger partial charge in [0.15, 0.2) is 0 Å². The van der Waals surface area contributed by atoms with Gasteiger partial charge >= 0.3 is 0 Å². The summed E-state index contributed by atoms with van der Waals surface area (Å²) >= 11 is 11.0. The summed E-state index contributed by atoms with van der Waals surface area (Å²) in [5.41, 5.74) is 8.15. The van der Waals surface area contributed by atoms with Gasteiger partial charge in [0, 0.05) is 23.7 Å². The predicted octanol–water partition coefficient (Wildman–Crippen LogP) is 2.76. The summed E-state index contributed by atoms with van der Waals surface area (Å²) in [5.74, 6) is 0.854. The minimum Gasteiger partial charge on any atom is -0.389 e. The Morgan fingerprint density at radius 1 is 1.44 bits per heavy atom. The molecule has 1 aromatic carbocycles. The van der Waals surface area contributed by atoms with E-state index in [1.807, 2.05) is 20.0 Å². The molecule has 0 unspecified atom stereocenters. The second-order valence-electron chi connectivity index (χ2n) is 3.97. The van der Waals surface area contributed by atoms with Gasteiger partial charge in [-0.2, -0.15) is 5.10 Å². The van der Waals surface area contributed by atoms with Crippen LogP contribution in [-0.2, 0) is 7.05 Å². The standard InChI is InChI=1S/C12H13ClN4S/c1-7-5-11(17(2)16-7)15-10-6-8(13)3-4-9(10)12(14)18/h3-6,15H,1-2H3,(H2,14,18). The Bertz CT molecular complexity index is 606. The number of nitrogens with zero attached hydrogens (tertiary/aromatic N) is 2. The lowest BCUT2D eigenvalue weighted by Crippen LogP contribution is -2.12. The van der Waals surface area contributed by atoms with E-state index in [1.54, 1.807) is 22.9 Å². The number of hydrogen-bond acceptors (Lipinski definition) is 3. The van der Waals surface area contributed by atoms with Crippen LogP contribution in [0.15, 0.2) is 24.3 Å². The monoisotopic (exact) mass is 280 g/mol. The first-order valence-corrected chi connectivity index (χ1v) is 6.13. The van der Waals surface area contributed by atoms with Gasteiger partial charge < -0.3 is 11.1 Å². The molecule has 0 aliphatic rings. The SMILES string of the molecule is Cc1cc(Nc2cc(Cl)ccc2C(N)=S)n(C)n1. The van der Waals surface area contributed by atoms with E-state index in [0.29, 0.717) is 10.0 Å². The highest BCUT2D eigenvalue weighted by Crippen LogP contribution is 2.25. The molecule has 94 valence electrons. The highest BCUT2D eigenvalue weighted by atomic mass is 35.5. The van der Waals surface area contributed by atoms with Gasteiger partial charge in [-0.05, 0) is 25.1 Å². The highest BCUT2D eigenvalue weighted by molar-refractivity contribution is 7.80. The van der Waals surface area contributed by atoms with Crippen molar-refractivity contribution in [3.63, 3.8) is 0 Å². The third-order valence-corrected chi connectivity index (χ3v) is 2.97. The van der Waals surface area contributed by atoms with Gasteiger partial charge in [-0.1, -0.05) is 23.8 Å². The zero-order valence-corrected chi connectivity index (χ0v) is 11.6. The van der Waals surface area contributed by atoms with Crippen molar-refractivity contribution in [3.8, 4) is 0 Å². The Labute approximate surface area is 116 Å². The number of aromatic nitrogens is 2. The highest BCUT2D eigenvalue weighted by Gasteiger charge is 2.09. The smallest absolute Gasteiger partial charge is 0.128 e. The Morgan fingerprint density at radius 3 is 2.72 bits per heavy atom. The van der Waals surface area contributed by atoms with Crippen LogP contribution >= 0.6 is 23.8 Å². The van der Waals surface area contributed by atoms with Gasteiger partial charge in [0.1, 0.15) is 10.8 Å². The number of benzene rings is 1. The molecule has 0 fully saturated rings. The van der Waals surface area contributed by atoms with Gasteiger partial charge in [-0.15, -0.1) is 0 Å². The minimum atomic E-state index is 0.327. The quantitative estimate of drug-likeness (QED) is 0.849. The van der Waals surface area contributed by atoms with Crippen molar-refractivity contribution in [1.29, 1.82) is 0 Å². The second-order valence-corrected chi connectivity index (χ2v) is 4.85. The van der Waals surface area contributed by atoms with Crippen LogP contribution in [0, 0.1) is 6.92 Å². The fourth-order valence-corrected chi connectivity index (χ4v) is 2.05. The van der Waals surface area contributed by atoms with Crippen molar-refractivity contribution in [2.24, 2.45) is 12.8 Å². The summed E-state index contributed by atoms with van der Waals surface area (Å²) in [6.07, 6.45) is 0. The molecule has 0 bridgehead atoms. The van der Waals surface area contributed by atoms with Crippen molar-refractivity contribution in [2.75, 3.05) is 5.32 Å². The summed E-state index contributed by atoms with van der Waals surface area (Å²) in [7, 11) is 1.86. The van der Waals surface area contributed by atoms with Crippen LogP contribution in [0.5, 0.6) is 0 Å². The first-order valence-electron chi connectivity index (χ1n) is 5.34. The molecule has 0 radical (unpaired) electrons. The van der Waals surface area contributed by atoms with Crippen molar-refractivity contribution < 1.29 is 0 Å². The number of nitrogens with two attached hydrogens (primary N) is 1. The molecule has 0 saturated heterocycles. The van der Waals surface area contributed by atoms with Crippen LogP contribution in [0.1, 0.15) is 11.3 Å². The number of halogens is 1. The molecular weight excluding hydrogens is 268 g/mol. The van der Waals surface area contributed by atoms with Gasteiger partial charge in [0.25, 0.3) is 0 Å². The topological polar surface area (TPSA) is 55.9 Å². The average Bonchev–Trinajstić information content (AvgIpc) is 2.57. The van der Waals surface area contributed by atoms with Crippen molar-refractivity contribution >= 4 is 40.3 Å². The molecule has 0 saturated carbocycles. The molecule has 4 nitrogen and oxygen atoms in total. The Hall–Kier alpha value is -1.59. The third kappa shape index (κ3) is 2.63.